The predicted octanol–water partition coefficient (Wildman–Crippen LogP) is 1.47. The molecule has 2 N–H and O–H groups in total. The molecule has 1 aliphatic heterocycles. The zero-order valence-corrected chi connectivity index (χ0v) is 7.87. The number of anilines is 1. The van der Waals surface area contributed by atoms with E-state index in [4.69, 9.17) is 9.84 Å². The molecule has 15 heavy (non-hydrogen) atoms. The molecule has 0 saturated heterocycles. The van der Waals surface area contributed by atoms with Crippen molar-refractivity contribution in [1.82, 2.24) is 0 Å². The Bertz CT molecular complexity index is 394. The maximum absolute atomic E-state index is 12.9. The minimum atomic E-state index is -0.929. The first-order chi connectivity index (χ1) is 7.15. The summed E-state index contributed by atoms with van der Waals surface area (Å²) in [6, 6.07) is 4.14. The van der Waals surface area contributed by atoms with E-state index in [1.807, 2.05) is 0 Å². The number of hydrogen-bond donors (Lipinski definition) is 2. The zero-order chi connectivity index (χ0) is 10.8. The molecular weight excluding hydrogens is 201 g/mol. The molecule has 1 heterocycles. The second kappa shape index (κ2) is 3.76. The van der Waals surface area contributed by atoms with E-state index in [9.17, 15) is 9.18 Å². The van der Waals surface area contributed by atoms with E-state index in [-0.39, 0.29) is 6.42 Å². The summed E-state index contributed by atoms with van der Waals surface area (Å²) >= 11 is 0. The molecule has 0 saturated carbocycles. The van der Waals surface area contributed by atoms with Crippen molar-refractivity contribution in [2.75, 3.05) is 11.9 Å². The van der Waals surface area contributed by atoms with Gasteiger partial charge in [0.15, 0.2) is 0 Å². The van der Waals surface area contributed by atoms with Gasteiger partial charge in [0.25, 0.3) is 0 Å². The summed E-state index contributed by atoms with van der Waals surface area (Å²) in [6.07, 6.45) is -0.542. The lowest BCUT2D eigenvalue weighted by Gasteiger charge is -2.26. The van der Waals surface area contributed by atoms with Gasteiger partial charge in [0.2, 0.25) is 0 Å². The predicted molar refractivity (Wildman–Crippen MR) is 51.6 cm³/mol. The van der Waals surface area contributed by atoms with Crippen molar-refractivity contribution in [3.05, 3.63) is 24.0 Å². The van der Waals surface area contributed by atoms with Crippen molar-refractivity contribution < 1.29 is 19.0 Å². The fraction of sp³-hybridized carbons (Fsp3) is 0.300. The van der Waals surface area contributed by atoms with E-state index >= 15 is 0 Å². The summed E-state index contributed by atoms with van der Waals surface area (Å²) in [5, 5.41) is 11.6. The first-order valence-corrected chi connectivity index (χ1v) is 4.57. The number of halogens is 1. The van der Waals surface area contributed by atoms with Crippen LogP contribution in [-0.2, 0) is 4.79 Å². The molecule has 0 spiro atoms. The maximum atomic E-state index is 12.9. The third-order valence-electron chi connectivity index (χ3n) is 2.16. The number of benzene rings is 1. The number of ether oxygens (including phenoxy) is 1. The topological polar surface area (TPSA) is 58.6 Å². The van der Waals surface area contributed by atoms with Gasteiger partial charge in [0.05, 0.1) is 18.7 Å². The van der Waals surface area contributed by atoms with Crippen LogP contribution in [0.5, 0.6) is 5.75 Å². The van der Waals surface area contributed by atoms with Crippen LogP contribution in [0, 0.1) is 5.82 Å². The lowest BCUT2D eigenvalue weighted by Crippen LogP contribution is -2.32. The zero-order valence-electron chi connectivity index (χ0n) is 7.87. The fourth-order valence-corrected chi connectivity index (χ4v) is 1.49. The Balaban J connectivity index is 2.14. The van der Waals surface area contributed by atoms with Crippen molar-refractivity contribution in [1.29, 1.82) is 0 Å². The van der Waals surface area contributed by atoms with Crippen molar-refractivity contribution in [3.63, 3.8) is 0 Å². The Morgan fingerprint density at radius 3 is 3.20 bits per heavy atom. The quantitative estimate of drug-likeness (QED) is 0.777. The Morgan fingerprint density at radius 1 is 1.67 bits per heavy atom. The standard InChI is InChI=1S/C10H10FNO3/c11-6-1-2-8-9(3-6)15-7(5-12-8)4-10(13)14/h1-3,7,12H,4-5H2,(H,13,14). The fourth-order valence-electron chi connectivity index (χ4n) is 1.49. The van der Waals surface area contributed by atoms with Gasteiger partial charge in [-0.15, -0.1) is 0 Å². The maximum Gasteiger partial charge on any atom is 0.307 e. The Kier molecular flexibility index (Phi) is 2.45. The lowest BCUT2D eigenvalue weighted by molar-refractivity contribution is -0.138. The molecule has 1 aromatic carbocycles. The summed E-state index contributed by atoms with van der Waals surface area (Å²) in [4.78, 5) is 10.5. The van der Waals surface area contributed by atoms with Gasteiger partial charge in [-0.1, -0.05) is 0 Å². The summed E-state index contributed by atoms with van der Waals surface area (Å²) in [6.45, 7) is 0.422. The number of hydrogen-bond acceptors (Lipinski definition) is 3. The minimum Gasteiger partial charge on any atom is -0.486 e. The van der Waals surface area contributed by atoms with Crippen LogP contribution in [0.4, 0.5) is 10.1 Å². The number of fused-ring (bicyclic) bond motifs is 1. The number of carbonyl (C=O) groups is 1. The summed E-state index contributed by atoms with van der Waals surface area (Å²) in [5.74, 6) is -0.958. The molecule has 0 radical (unpaired) electrons. The molecule has 1 aliphatic rings. The normalized spacial score (nSPS) is 18.6. The average Bonchev–Trinajstić information content (AvgIpc) is 2.16. The van der Waals surface area contributed by atoms with E-state index in [0.29, 0.717) is 18.0 Å². The molecular formula is C10H10FNO3. The lowest BCUT2D eigenvalue weighted by atomic mass is 10.2. The molecule has 80 valence electrons. The minimum absolute atomic E-state index is 0.0943. The number of aliphatic carboxylic acids is 1. The van der Waals surface area contributed by atoms with Gasteiger partial charge < -0.3 is 15.2 Å². The van der Waals surface area contributed by atoms with Crippen molar-refractivity contribution >= 4 is 11.7 Å². The molecule has 0 bridgehead atoms. The number of carboxylic acid groups (broad SMARTS) is 1. The van der Waals surface area contributed by atoms with Gasteiger partial charge in [0.1, 0.15) is 17.7 Å². The van der Waals surface area contributed by atoms with Gasteiger partial charge in [-0.25, -0.2) is 4.39 Å². The summed E-state index contributed by atoms with van der Waals surface area (Å²) < 4.78 is 18.2. The van der Waals surface area contributed by atoms with Crippen LogP contribution < -0.4 is 10.1 Å². The molecule has 1 unspecified atom stereocenters. The first kappa shape index (κ1) is 9.76. The molecule has 4 nitrogen and oxygen atoms in total. The van der Waals surface area contributed by atoms with Gasteiger partial charge in [-0.05, 0) is 12.1 Å². The van der Waals surface area contributed by atoms with Crippen molar-refractivity contribution in [3.8, 4) is 5.75 Å². The highest BCUT2D eigenvalue weighted by molar-refractivity contribution is 5.68. The molecule has 0 aromatic heterocycles. The smallest absolute Gasteiger partial charge is 0.307 e. The van der Waals surface area contributed by atoms with E-state index < -0.39 is 17.9 Å². The van der Waals surface area contributed by atoms with E-state index in [0.717, 1.165) is 0 Å². The van der Waals surface area contributed by atoms with Gasteiger partial charge in [0, 0.05) is 6.07 Å². The average molecular weight is 211 g/mol. The van der Waals surface area contributed by atoms with E-state index in [1.165, 1.54) is 12.1 Å². The van der Waals surface area contributed by atoms with Gasteiger partial charge in [-0.3, -0.25) is 4.79 Å². The molecule has 2 rings (SSSR count). The Morgan fingerprint density at radius 2 is 2.47 bits per heavy atom. The number of rotatable bonds is 2. The van der Waals surface area contributed by atoms with Crippen LogP contribution in [0.3, 0.4) is 0 Å². The van der Waals surface area contributed by atoms with Crippen LogP contribution in [0.25, 0.3) is 0 Å². The summed E-state index contributed by atoms with van der Waals surface area (Å²) in [5.41, 5.74) is 0.693. The highest BCUT2D eigenvalue weighted by Crippen LogP contribution is 2.30. The largest absolute Gasteiger partial charge is 0.486 e. The third-order valence-corrected chi connectivity index (χ3v) is 2.16. The molecule has 5 heteroatoms. The first-order valence-electron chi connectivity index (χ1n) is 4.57. The van der Waals surface area contributed by atoms with Crippen molar-refractivity contribution in [2.45, 2.75) is 12.5 Å². The van der Waals surface area contributed by atoms with Crippen LogP contribution in [0.2, 0.25) is 0 Å². The SMILES string of the molecule is O=C(O)CC1CNc2ccc(F)cc2O1. The molecule has 0 fully saturated rings. The van der Waals surface area contributed by atoms with Gasteiger partial charge >= 0.3 is 5.97 Å². The molecule has 0 amide bonds. The van der Waals surface area contributed by atoms with Crippen LogP contribution >= 0.6 is 0 Å². The highest BCUT2D eigenvalue weighted by atomic mass is 19.1. The van der Waals surface area contributed by atoms with Crippen LogP contribution in [0.1, 0.15) is 6.42 Å². The molecule has 1 aromatic rings. The summed E-state index contributed by atoms with van der Waals surface area (Å²) in [7, 11) is 0. The molecule has 0 aliphatic carbocycles. The van der Waals surface area contributed by atoms with Gasteiger partial charge in [-0.2, -0.15) is 0 Å². The Labute approximate surface area is 85.7 Å². The second-order valence-electron chi connectivity index (χ2n) is 3.36. The van der Waals surface area contributed by atoms with Crippen molar-refractivity contribution in [2.24, 2.45) is 0 Å². The van der Waals surface area contributed by atoms with E-state index in [2.05, 4.69) is 5.32 Å². The van der Waals surface area contributed by atoms with Crippen LogP contribution in [-0.4, -0.2) is 23.7 Å². The third kappa shape index (κ3) is 2.18. The second-order valence-corrected chi connectivity index (χ2v) is 3.36. The highest BCUT2D eigenvalue weighted by Gasteiger charge is 2.21. The number of nitrogens with one attached hydrogen (secondary N) is 1. The monoisotopic (exact) mass is 211 g/mol. The molecule has 1 atom stereocenters. The Hall–Kier alpha value is -1.78. The van der Waals surface area contributed by atoms with Crippen LogP contribution in [0.15, 0.2) is 18.2 Å². The van der Waals surface area contributed by atoms with E-state index in [1.54, 1.807) is 6.07 Å². The number of carboxylic acids is 1.